The van der Waals surface area contributed by atoms with Gasteiger partial charge in [-0.05, 0) is 69.0 Å². The Balaban J connectivity index is 1.56. The van der Waals surface area contributed by atoms with Crippen LogP contribution in [0.2, 0.25) is 0 Å². The number of para-hydroxylation sites is 1. The number of aromatic hydroxyl groups is 2. The summed E-state index contributed by atoms with van der Waals surface area (Å²) in [5, 5.41) is 19.2. The molecule has 1 aliphatic carbocycles. The van der Waals surface area contributed by atoms with Gasteiger partial charge in [0.25, 0.3) is 0 Å². The Kier molecular flexibility index (Phi) is 9.56. The van der Waals surface area contributed by atoms with E-state index < -0.39 is 0 Å². The van der Waals surface area contributed by atoms with Gasteiger partial charge in [-0.3, -0.25) is 4.79 Å². The molecule has 2 aromatic carbocycles. The van der Waals surface area contributed by atoms with Crippen molar-refractivity contribution in [1.82, 2.24) is 0 Å². The highest BCUT2D eigenvalue weighted by Crippen LogP contribution is 2.31. The summed E-state index contributed by atoms with van der Waals surface area (Å²) in [7, 11) is 2.12. The van der Waals surface area contributed by atoms with E-state index in [1.807, 2.05) is 19.1 Å². The van der Waals surface area contributed by atoms with E-state index in [0.717, 1.165) is 5.57 Å². The van der Waals surface area contributed by atoms with Crippen LogP contribution in [0.1, 0.15) is 43.4 Å². The van der Waals surface area contributed by atoms with Crippen LogP contribution < -0.4 is 4.90 Å². The smallest absolute Gasteiger partial charge is 0.310 e. The van der Waals surface area contributed by atoms with E-state index in [1.165, 1.54) is 22.9 Å². The van der Waals surface area contributed by atoms with Gasteiger partial charge in [-0.25, -0.2) is 0 Å². The second-order valence-corrected chi connectivity index (χ2v) is 9.59. The van der Waals surface area contributed by atoms with E-state index >= 15 is 0 Å². The fraction of sp³-hybridized carbons (Fsp3) is 0.281. The molecule has 3 rings (SSSR count). The Morgan fingerprint density at radius 2 is 1.65 bits per heavy atom. The highest BCUT2D eigenvalue weighted by molar-refractivity contribution is 5.70. The summed E-state index contributed by atoms with van der Waals surface area (Å²) < 4.78 is 5.54. The van der Waals surface area contributed by atoms with E-state index in [2.05, 4.69) is 68.3 Å². The van der Waals surface area contributed by atoms with Crippen molar-refractivity contribution in [3.63, 3.8) is 0 Å². The van der Waals surface area contributed by atoms with Gasteiger partial charge in [0, 0.05) is 31.1 Å². The molecule has 2 aromatic rings. The first-order valence-corrected chi connectivity index (χ1v) is 12.5. The molecule has 0 aliphatic heterocycles. The predicted molar refractivity (Wildman–Crippen MR) is 152 cm³/mol. The maximum Gasteiger partial charge on any atom is 0.310 e. The molecule has 5 heteroatoms. The summed E-state index contributed by atoms with van der Waals surface area (Å²) in [5.74, 6) is 0.492. The van der Waals surface area contributed by atoms with Crippen LogP contribution in [0.3, 0.4) is 0 Å². The largest absolute Gasteiger partial charge is 0.508 e. The maximum absolute atomic E-state index is 12.6. The molecule has 0 bridgehead atoms. The normalized spacial score (nSPS) is 17.9. The second-order valence-electron chi connectivity index (χ2n) is 9.59. The highest BCUT2D eigenvalue weighted by atomic mass is 16.5. The molecule has 0 fully saturated rings. The molecule has 0 amide bonds. The quantitative estimate of drug-likeness (QED) is 0.218. The average molecular weight is 500 g/mol. The standard InChI is InChI=1S/C32H37NO4/c1-22(14-16-26-19-28(34)21-29(35)20-26)13-15-25(4)37-31(36)18-17-27-11-6-7-12-30(27)33(5)32-23(2)9-8-10-24(32)3/h6-16,19-21,27,30,34-35H,17-18H2,1-5H3. The van der Waals surface area contributed by atoms with E-state index in [1.54, 1.807) is 31.2 Å². The average Bonchev–Trinajstić information content (AvgIpc) is 2.84. The number of benzene rings is 2. The summed E-state index contributed by atoms with van der Waals surface area (Å²) >= 11 is 0. The van der Waals surface area contributed by atoms with Gasteiger partial charge in [-0.1, -0.05) is 66.3 Å². The molecule has 2 N–H and O–H groups in total. The zero-order chi connectivity index (χ0) is 26.9. The molecule has 2 atom stereocenters. The zero-order valence-corrected chi connectivity index (χ0v) is 22.3. The van der Waals surface area contributed by atoms with Crippen molar-refractivity contribution >= 4 is 17.7 Å². The van der Waals surface area contributed by atoms with Crippen molar-refractivity contribution in [2.75, 3.05) is 11.9 Å². The fourth-order valence-corrected chi connectivity index (χ4v) is 4.63. The van der Waals surface area contributed by atoms with Gasteiger partial charge in [0.15, 0.2) is 0 Å². The lowest BCUT2D eigenvalue weighted by Crippen LogP contribution is -2.37. The molecule has 37 heavy (non-hydrogen) atoms. The first kappa shape index (κ1) is 27.6. The van der Waals surface area contributed by atoms with Crippen LogP contribution in [0.5, 0.6) is 11.5 Å². The number of nitrogens with zero attached hydrogens (tertiary/aromatic N) is 1. The Morgan fingerprint density at radius 3 is 2.32 bits per heavy atom. The van der Waals surface area contributed by atoms with E-state index in [4.69, 9.17) is 4.74 Å². The van der Waals surface area contributed by atoms with Crippen molar-refractivity contribution < 1.29 is 19.7 Å². The van der Waals surface area contributed by atoms with Crippen molar-refractivity contribution in [3.05, 3.63) is 107 Å². The minimum absolute atomic E-state index is 0.00642. The van der Waals surface area contributed by atoms with E-state index in [9.17, 15) is 15.0 Å². The van der Waals surface area contributed by atoms with Crippen LogP contribution in [-0.4, -0.2) is 29.3 Å². The van der Waals surface area contributed by atoms with Crippen molar-refractivity contribution in [3.8, 4) is 11.5 Å². The molecule has 0 spiro atoms. The minimum atomic E-state index is -0.248. The predicted octanol–water partition coefficient (Wildman–Crippen LogP) is 7.15. The van der Waals surface area contributed by atoms with Gasteiger partial charge in [-0.2, -0.15) is 0 Å². The highest BCUT2D eigenvalue weighted by Gasteiger charge is 2.25. The van der Waals surface area contributed by atoms with Crippen molar-refractivity contribution in [2.24, 2.45) is 5.92 Å². The molecule has 0 saturated heterocycles. The molecular weight excluding hydrogens is 462 g/mol. The Bertz CT molecular complexity index is 1230. The number of allylic oxidation sites excluding steroid dienone is 7. The number of phenolic OH excluding ortho intramolecular Hbond substituents is 2. The Morgan fingerprint density at radius 1 is 1.00 bits per heavy atom. The third-order valence-corrected chi connectivity index (χ3v) is 6.46. The molecule has 0 saturated carbocycles. The first-order chi connectivity index (χ1) is 17.6. The number of hydrogen-bond acceptors (Lipinski definition) is 5. The number of anilines is 1. The summed E-state index contributed by atoms with van der Waals surface area (Å²) in [5.41, 5.74) is 5.32. The van der Waals surface area contributed by atoms with E-state index in [0.29, 0.717) is 24.2 Å². The lowest BCUT2D eigenvalue weighted by Gasteiger charge is -2.36. The summed E-state index contributed by atoms with van der Waals surface area (Å²) in [6.45, 7) is 7.94. The van der Waals surface area contributed by atoms with Gasteiger partial charge in [0.2, 0.25) is 0 Å². The summed E-state index contributed by atoms with van der Waals surface area (Å²) in [6, 6.07) is 10.9. The van der Waals surface area contributed by atoms with E-state index in [-0.39, 0.29) is 29.4 Å². The molecule has 2 unspecified atom stereocenters. The molecule has 0 heterocycles. The number of carbonyl (C=O) groups is 1. The molecule has 194 valence electrons. The van der Waals surface area contributed by atoms with Gasteiger partial charge >= 0.3 is 5.97 Å². The lowest BCUT2D eigenvalue weighted by molar-refractivity contribution is -0.139. The number of esters is 1. The Labute approximate surface area is 220 Å². The first-order valence-electron chi connectivity index (χ1n) is 12.5. The molecule has 5 nitrogen and oxygen atoms in total. The SMILES string of the molecule is CC(C=Cc1cc(O)cc(O)c1)=CC=C(C)OC(=O)CCC1C=CC=CC1N(C)c1c(C)cccc1C. The van der Waals surface area contributed by atoms with Crippen LogP contribution in [-0.2, 0) is 9.53 Å². The minimum Gasteiger partial charge on any atom is -0.508 e. The Hall–Kier alpha value is -3.99. The number of likely N-dealkylation sites (N-methyl/N-ethyl adjacent to an activating group) is 1. The monoisotopic (exact) mass is 499 g/mol. The maximum atomic E-state index is 12.6. The number of aryl methyl sites for hydroxylation is 2. The van der Waals surface area contributed by atoms with Gasteiger partial charge in [-0.15, -0.1) is 0 Å². The number of ether oxygens (including phenoxy) is 1. The second kappa shape index (κ2) is 12.8. The van der Waals surface area contributed by atoms with Crippen LogP contribution in [0.15, 0.2) is 90.3 Å². The molecule has 1 aliphatic rings. The molecule has 0 radical (unpaired) electrons. The zero-order valence-electron chi connectivity index (χ0n) is 22.3. The number of carbonyl (C=O) groups excluding carboxylic acids is 1. The van der Waals surface area contributed by atoms with Gasteiger partial charge in [0.05, 0.1) is 6.04 Å². The number of hydrogen-bond donors (Lipinski definition) is 2. The van der Waals surface area contributed by atoms with Gasteiger partial charge < -0.3 is 19.8 Å². The third-order valence-electron chi connectivity index (χ3n) is 6.46. The van der Waals surface area contributed by atoms with Crippen molar-refractivity contribution in [2.45, 2.75) is 46.6 Å². The fourth-order valence-electron chi connectivity index (χ4n) is 4.63. The van der Waals surface area contributed by atoms with Crippen molar-refractivity contribution in [1.29, 1.82) is 0 Å². The molecular formula is C32H37NO4. The number of rotatable bonds is 9. The van der Waals surface area contributed by atoms with Crippen LogP contribution in [0.25, 0.3) is 6.08 Å². The van der Waals surface area contributed by atoms with Crippen LogP contribution in [0, 0.1) is 19.8 Å². The van der Waals surface area contributed by atoms with Gasteiger partial charge in [0.1, 0.15) is 17.3 Å². The topological polar surface area (TPSA) is 70.0 Å². The van der Waals surface area contributed by atoms with Crippen LogP contribution in [0.4, 0.5) is 5.69 Å². The molecule has 0 aromatic heterocycles. The summed E-state index contributed by atoms with van der Waals surface area (Å²) in [6.07, 6.45) is 16.8. The summed E-state index contributed by atoms with van der Waals surface area (Å²) in [4.78, 5) is 14.9. The van der Waals surface area contributed by atoms with Crippen LogP contribution >= 0.6 is 0 Å². The number of phenols is 2. The third kappa shape index (κ3) is 8.01. The lowest BCUT2D eigenvalue weighted by atomic mass is 9.89.